The molecule has 1 aromatic carbocycles. The van der Waals surface area contributed by atoms with Crippen molar-refractivity contribution in [1.82, 2.24) is 4.98 Å². The maximum Gasteiger partial charge on any atom is 0.227 e. The summed E-state index contributed by atoms with van der Waals surface area (Å²) >= 11 is 0. The second kappa shape index (κ2) is 6.77. The molecule has 5 heteroatoms. The Hall–Kier alpha value is -2.14. The van der Waals surface area contributed by atoms with Gasteiger partial charge in [-0.15, -0.1) is 0 Å². The van der Waals surface area contributed by atoms with Crippen molar-refractivity contribution in [3.63, 3.8) is 0 Å². The lowest BCUT2D eigenvalue weighted by molar-refractivity contribution is -0.122. The van der Waals surface area contributed by atoms with Crippen LogP contribution in [0.1, 0.15) is 43.9 Å². The standard InChI is InChI=1S/C19H22N2O3/c22-18(13-3-1-4-13)21-16-6-2-5-15(11-16)17-12-20-19(24-17)14-7-9-23-10-8-14/h2,5-6,11-14H,1,3-4,7-10H2,(H,21,22). The average molecular weight is 326 g/mol. The highest BCUT2D eigenvalue weighted by molar-refractivity contribution is 5.93. The van der Waals surface area contributed by atoms with E-state index in [-0.39, 0.29) is 11.8 Å². The molecule has 0 spiro atoms. The SMILES string of the molecule is O=C(Nc1cccc(-c2cnc(C3CCOCC3)o2)c1)C1CCC1. The van der Waals surface area contributed by atoms with Crippen LogP contribution in [0, 0.1) is 5.92 Å². The number of oxazole rings is 1. The Morgan fingerprint density at radius 1 is 1.17 bits per heavy atom. The molecule has 2 aliphatic rings. The lowest BCUT2D eigenvalue weighted by Crippen LogP contribution is -2.27. The van der Waals surface area contributed by atoms with E-state index in [4.69, 9.17) is 9.15 Å². The van der Waals surface area contributed by atoms with E-state index in [9.17, 15) is 4.79 Å². The zero-order valence-corrected chi connectivity index (χ0v) is 13.7. The fourth-order valence-electron chi connectivity index (χ4n) is 3.22. The van der Waals surface area contributed by atoms with Gasteiger partial charge in [-0.3, -0.25) is 4.79 Å². The fraction of sp³-hybridized carbons (Fsp3) is 0.474. The molecule has 1 amide bonds. The van der Waals surface area contributed by atoms with E-state index < -0.39 is 0 Å². The third-order valence-electron chi connectivity index (χ3n) is 4.98. The van der Waals surface area contributed by atoms with Gasteiger partial charge in [0.1, 0.15) is 0 Å². The van der Waals surface area contributed by atoms with Crippen LogP contribution in [0.4, 0.5) is 5.69 Å². The first-order chi connectivity index (χ1) is 11.8. The first kappa shape index (κ1) is 15.4. The number of ether oxygens (including phenoxy) is 1. The minimum absolute atomic E-state index is 0.124. The molecule has 1 aliphatic heterocycles. The number of carbonyl (C=O) groups excluding carboxylic acids is 1. The van der Waals surface area contributed by atoms with Crippen molar-refractivity contribution >= 4 is 11.6 Å². The van der Waals surface area contributed by atoms with Crippen LogP contribution in [0.5, 0.6) is 0 Å². The van der Waals surface area contributed by atoms with Gasteiger partial charge in [0.25, 0.3) is 0 Å². The molecule has 0 atom stereocenters. The van der Waals surface area contributed by atoms with Gasteiger partial charge in [-0.2, -0.15) is 0 Å². The van der Waals surface area contributed by atoms with Gasteiger partial charge in [0.15, 0.2) is 11.7 Å². The molecule has 5 nitrogen and oxygen atoms in total. The van der Waals surface area contributed by atoms with Crippen molar-refractivity contribution < 1.29 is 13.9 Å². The van der Waals surface area contributed by atoms with Crippen molar-refractivity contribution in [2.75, 3.05) is 18.5 Å². The van der Waals surface area contributed by atoms with Gasteiger partial charge >= 0.3 is 0 Å². The number of benzene rings is 1. The molecule has 1 saturated carbocycles. The molecule has 4 rings (SSSR count). The second-order valence-corrected chi connectivity index (χ2v) is 6.65. The fourth-order valence-corrected chi connectivity index (χ4v) is 3.22. The van der Waals surface area contributed by atoms with E-state index in [1.54, 1.807) is 6.20 Å². The average Bonchev–Trinajstić information content (AvgIpc) is 3.04. The molecule has 1 saturated heterocycles. The van der Waals surface area contributed by atoms with Gasteiger partial charge in [0, 0.05) is 36.3 Å². The smallest absolute Gasteiger partial charge is 0.227 e. The molecule has 0 unspecified atom stereocenters. The van der Waals surface area contributed by atoms with E-state index in [1.807, 2.05) is 24.3 Å². The Balaban J connectivity index is 1.48. The molecule has 126 valence electrons. The normalized spacial score (nSPS) is 19.0. The maximum atomic E-state index is 12.1. The van der Waals surface area contributed by atoms with Crippen LogP contribution in [0.15, 0.2) is 34.9 Å². The first-order valence-electron chi connectivity index (χ1n) is 8.74. The van der Waals surface area contributed by atoms with Gasteiger partial charge in [0.2, 0.25) is 5.91 Å². The van der Waals surface area contributed by atoms with E-state index in [0.717, 1.165) is 68.2 Å². The summed E-state index contributed by atoms with van der Waals surface area (Å²) < 4.78 is 11.4. The molecular weight excluding hydrogens is 304 g/mol. The van der Waals surface area contributed by atoms with E-state index in [0.29, 0.717) is 5.92 Å². The van der Waals surface area contributed by atoms with Crippen molar-refractivity contribution in [2.45, 2.75) is 38.0 Å². The van der Waals surface area contributed by atoms with Crippen LogP contribution in [-0.2, 0) is 9.53 Å². The summed E-state index contributed by atoms with van der Waals surface area (Å²) in [5, 5.41) is 3.01. The molecule has 1 aromatic heterocycles. The highest BCUT2D eigenvalue weighted by atomic mass is 16.5. The predicted octanol–water partition coefficient (Wildman–Crippen LogP) is 3.97. The molecule has 24 heavy (non-hydrogen) atoms. The van der Waals surface area contributed by atoms with Gasteiger partial charge in [0.05, 0.1) is 6.20 Å². The number of anilines is 1. The molecule has 2 aromatic rings. The molecule has 2 fully saturated rings. The summed E-state index contributed by atoms with van der Waals surface area (Å²) in [7, 11) is 0. The van der Waals surface area contributed by atoms with Crippen molar-refractivity contribution in [3.8, 4) is 11.3 Å². The summed E-state index contributed by atoms with van der Waals surface area (Å²) in [6.07, 6.45) is 6.85. The van der Waals surface area contributed by atoms with Crippen molar-refractivity contribution in [3.05, 3.63) is 36.4 Å². The number of amides is 1. The van der Waals surface area contributed by atoms with Gasteiger partial charge in [-0.1, -0.05) is 18.6 Å². The monoisotopic (exact) mass is 326 g/mol. The predicted molar refractivity (Wildman–Crippen MR) is 90.7 cm³/mol. The highest BCUT2D eigenvalue weighted by Gasteiger charge is 2.25. The van der Waals surface area contributed by atoms with Gasteiger partial charge in [-0.05, 0) is 37.8 Å². The number of nitrogens with one attached hydrogen (secondary N) is 1. The summed E-state index contributed by atoms with van der Waals surface area (Å²) in [5.74, 6) is 2.18. The molecule has 0 radical (unpaired) electrons. The van der Waals surface area contributed by atoms with Gasteiger partial charge in [-0.25, -0.2) is 4.98 Å². The zero-order valence-electron chi connectivity index (χ0n) is 13.7. The second-order valence-electron chi connectivity index (χ2n) is 6.65. The molecule has 0 bridgehead atoms. The lowest BCUT2D eigenvalue weighted by atomic mass is 9.85. The summed E-state index contributed by atoms with van der Waals surface area (Å²) in [6, 6.07) is 7.77. The quantitative estimate of drug-likeness (QED) is 0.923. The summed E-state index contributed by atoms with van der Waals surface area (Å²) in [5.41, 5.74) is 1.75. The Morgan fingerprint density at radius 2 is 2.00 bits per heavy atom. The lowest BCUT2D eigenvalue weighted by Gasteiger charge is -2.24. The number of hydrogen-bond acceptors (Lipinski definition) is 4. The zero-order chi connectivity index (χ0) is 16.4. The van der Waals surface area contributed by atoms with E-state index in [1.165, 1.54) is 0 Å². The highest BCUT2D eigenvalue weighted by Crippen LogP contribution is 2.31. The summed E-state index contributed by atoms with van der Waals surface area (Å²) in [6.45, 7) is 1.54. The Morgan fingerprint density at radius 3 is 2.75 bits per heavy atom. The van der Waals surface area contributed by atoms with Crippen molar-refractivity contribution in [2.24, 2.45) is 5.92 Å². The molecule has 1 aliphatic carbocycles. The Bertz CT molecular complexity index is 715. The number of rotatable bonds is 4. The number of aromatic nitrogens is 1. The van der Waals surface area contributed by atoms with Gasteiger partial charge < -0.3 is 14.5 Å². The molecular formula is C19H22N2O3. The first-order valence-corrected chi connectivity index (χ1v) is 8.74. The minimum atomic E-state index is 0.124. The Kier molecular flexibility index (Phi) is 4.34. The number of hydrogen-bond donors (Lipinski definition) is 1. The Labute approximate surface area is 141 Å². The van der Waals surface area contributed by atoms with Crippen LogP contribution < -0.4 is 5.32 Å². The summed E-state index contributed by atoms with van der Waals surface area (Å²) in [4.78, 5) is 16.5. The number of carbonyl (C=O) groups is 1. The largest absolute Gasteiger partial charge is 0.440 e. The van der Waals surface area contributed by atoms with Crippen LogP contribution in [-0.4, -0.2) is 24.1 Å². The van der Waals surface area contributed by atoms with Crippen molar-refractivity contribution in [1.29, 1.82) is 0 Å². The van der Waals surface area contributed by atoms with Crippen LogP contribution in [0.3, 0.4) is 0 Å². The van der Waals surface area contributed by atoms with E-state index in [2.05, 4.69) is 10.3 Å². The number of nitrogens with zero attached hydrogens (tertiary/aromatic N) is 1. The molecule has 2 heterocycles. The van der Waals surface area contributed by atoms with E-state index >= 15 is 0 Å². The topological polar surface area (TPSA) is 64.4 Å². The maximum absolute atomic E-state index is 12.1. The van der Waals surface area contributed by atoms with Crippen LogP contribution >= 0.6 is 0 Å². The van der Waals surface area contributed by atoms with Crippen LogP contribution in [0.25, 0.3) is 11.3 Å². The minimum Gasteiger partial charge on any atom is -0.440 e. The third-order valence-corrected chi connectivity index (χ3v) is 4.98. The third kappa shape index (κ3) is 3.22. The molecule has 1 N–H and O–H groups in total. The van der Waals surface area contributed by atoms with Crippen LogP contribution in [0.2, 0.25) is 0 Å².